The second kappa shape index (κ2) is 13.5. The summed E-state index contributed by atoms with van der Waals surface area (Å²) in [6, 6.07) is 0. The predicted octanol–water partition coefficient (Wildman–Crippen LogP) is 2.16. The lowest BCUT2D eigenvalue weighted by atomic mass is 9.94. The Morgan fingerprint density at radius 2 is 1.05 bits per heavy atom. The van der Waals surface area contributed by atoms with Crippen LogP contribution in [0, 0.1) is 23.7 Å². The molecule has 0 saturated heterocycles. The molecule has 0 heterocycles. The molecule has 0 aliphatic carbocycles. The summed E-state index contributed by atoms with van der Waals surface area (Å²) >= 11 is 0. The van der Waals surface area contributed by atoms with Crippen molar-refractivity contribution in [1.29, 1.82) is 0 Å². The molecule has 22 heavy (non-hydrogen) atoms. The van der Waals surface area contributed by atoms with E-state index >= 15 is 0 Å². The van der Waals surface area contributed by atoms with Crippen LogP contribution in [0.1, 0.15) is 53.4 Å². The van der Waals surface area contributed by atoms with Crippen LogP contribution in [0.4, 0.5) is 0 Å². The molecule has 0 fully saturated rings. The van der Waals surface area contributed by atoms with Crippen molar-refractivity contribution in [2.75, 3.05) is 13.1 Å². The molecule has 0 aromatic rings. The maximum atomic E-state index is 10.3. The van der Waals surface area contributed by atoms with E-state index in [2.05, 4.69) is 27.7 Å². The first-order valence-corrected chi connectivity index (χ1v) is 7.95. The second-order valence-corrected chi connectivity index (χ2v) is 6.66. The van der Waals surface area contributed by atoms with Gasteiger partial charge in [0.05, 0.1) is 0 Å². The summed E-state index contributed by atoms with van der Waals surface area (Å²) in [6.07, 6.45) is 2.22. The van der Waals surface area contributed by atoms with Gasteiger partial charge in [0.25, 0.3) is 0 Å². The van der Waals surface area contributed by atoms with E-state index in [9.17, 15) is 9.59 Å². The van der Waals surface area contributed by atoms with Gasteiger partial charge in [0, 0.05) is 12.8 Å². The lowest BCUT2D eigenvalue weighted by Gasteiger charge is -2.13. The average Bonchev–Trinajstić information content (AvgIpc) is 2.35. The molecule has 0 rings (SSSR count). The summed E-state index contributed by atoms with van der Waals surface area (Å²) in [5.74, 6) is -0.145. The Labute approximate surface area is 134 Å². The van der Waals surface area contributed by atoms with Crippen LogP contribution in [-0.2, 0) is 9.59 Å². The molecule has 0 spiro atoms. The minimum atomic E-state index is -0.749. The molecule has 0 radical (unpaired) electrons. The average molecular weight is 318 g/mol. The summed E-state index contributed by atoms with van der Waals surface area (Å²) in [5.41, 5.74) is 10.8. The second-order valence-electron chi connectivity index (χ2n) is 6.66. The van der Waals surface area contributed by atoms with Gasteiger partial charge in [-0.1, -0.05) is 27.7 Å². The Balaban J connectivity index is 0. The monoisotopic (exact) mass is 318 g/mol. The molecule has 0 aliphatic rings. The summed E-state index contributed by atoms with van der Waals surface area (Å²) in [7, 11) is 0. The standard InChI is InChI=1S/2C8H17NO2/c2*1-6(2)3-7(5-9)4-8(10)11/h2*6-7H,3-5,9H2,1-2H3,(H,10,11)/t2*7-/m00/s1. The third-order valence-electron chi connectivity index (χ3n) is 3.20. The first-order valence-electron chi connectivity index (χ1n) is 7.95. The first-order chi connectivity index (χ1) is 10.1. The Kier molecular flexibility index (Phi) is 14.2. The first kappa shape index (κ1) is 23.1. The number of nitrogens with two attached hydrogens (primary N) is 2. The topological polar surface area (TPSA) is 127 Å². The van der Waals surface area contributed by atoms with E-state index < -0.39 is 11.9 Å². The van der Waals surface area contributed by atoms with Crippen molar-refractivity contribution in [1.82, 2.24) is 0 Å². The van der Waals surface area contributed by atoms with Crippen LogP contribution < -0.4 is 11.5 Å². The number of rotatable bonds is 10. The highest BCUT2D eigenvalue weighted by Gasteiger charge is 2.13. The van der Waals surface area contributed by atoms with Crippen molar-refractivity contribution in [3.8, 4) is 0 Å². The highest BCUT2D eigenvalue weighted by Crippen LogP contribution is 2.14. The Hall–Kier alpha value is -1.14. The summed E-state index contributed by atoms with van der Waals surface area (Å²) in [4.78, 5) is 20.6. The van der Waals surface area contributed by atoms with Gasteiger partial charge in [0.1, 0.15) is 0 Å². The van der Waals surface area contributed by atoms with Crippen molar-refractivity contribution < 1.29 is 19.8 Å². The number of carboxylic acids is 2. The molecule has 0 unspecified atom stereocenters. The maximum absolute atomic E-state index is 10.3. The van der Waals surface area contributed by atoms with E-state index in [1.54, 1.807) is 0 Å². The van der Waals surface area contributed by atoms with E-state index in [0.29, 0.717) is 24.9 Å². The van der Waals surface area contributed by atoms with Crippen molar-refractivity contribution in [3.63, 3.8) is 0 Å². The molecular weight excluding hydrogens is 284 g/mol. The minimum absolute atomic E-state index is 0.146. The largest absolute Gasteiger partial charge is 0.481 e. The quantitative estimate of drug-likeness (QED) is 0.489. The highest BCUT2D eigenvalue weighted by atomic mass is 16.4. The van der Waals surface area contributed by atoms with Gasteiger partial charge in [-0.25, -0.2) is 0 Å². The zero-order chi connectivity index (χ0) is 17.7. The van der Waals surface area contributed by atoms with Gasteiger partial charge >= 0.3 is 11.9 Å². The minimum Gasteiger partial charge on any atom is -0.481 e. The lowest BCUT2D eigenvalue weighted by molar-refractivity contribution is -0.139. The predicted molar refractivity (Wildman–Crippen MR) is 88.5 cm³/mol. The Morgan fingerprint density at radius 1 is 0.773 bits per heavy atom. The van der Waals surface area contributed by atoms with Gasteiger partial charge < -0.3 is 21.7 Å². The maximum Gasteiger partial charge on any atom is 0.303 e. The van der Waals surface area contributed by atoms with Crippen LogP contribution in [0.2, 0.25) is 0 Å². The molecule has 0 saturated carbocycles. The van der Waals surface area contributed by atoms with Crippen LogP contribution in [0.25, 0.3) is 0 Å². The molecular formula is C16H34N2O4. The molecule has 6 heteroatoms. The lowest BCUT2D eigenvalue weighted by Crippen LogP contribution is -2.19. The van der Waals surface area contributed by atoms with Crippen LogP contribution >= 0.6 is 0 Å². The van der Waals surface area contributed by atoms with Crippen molar-refractivity contribution in [2.45, 2.75) is 53.4 Å². The molecule has 0 aromatic heterocycles. The van der Waals surface area contributed by atoms with Crippen molar-refractivity contribution >= 4 is 11.9 Å². The number of carboxylic acid groups (broad SMARTS) is 2. The molecule has 6 N–H and O–H groups in total. The number of aliphatic carboxylic acids is 2. The number of hydrogen-bond donors (Lipinski definition) is 4. The Bertz CT molecular complexity index is 277. The van der Waals surface area contributed by atoms with E-state index in [0.717, 1.165) is 12.8 Å². The molecule has 0 aliphatic heterocycles. The highest BCUT2D eigenvalue weighted by molar-refractivity contribution is 5.67. The van der Waals surface area contributed by atoms with Gasteiger partial charge in [0.2, 0.25) is 0 Å². The van der Waals surface area contributed by atoms with Crippen molar-refractivity contribution in [3.05, 3.63) is 0 Å². The summed E-state index contributed by atoms with van der Waals surface area (Å²) in [6.45, 7) is 9.25. The number of carbonyl (C=O) groups is 2. The third-order valence-corrected chi connectivity index (χ3v) is 3.20. The van der Waals surface area contributed by atoms with Crippen LogP contribution in [0.3, 0.4) is 0 Å². The van der Waals surface area contributed by atoms with E-state index in [4.69, 9.17) is 21.7 Å². The van der Waals surface area contributed by atoms with Crippen LogP contribution in [0.5, 0.6) is 0 Å². The molecule has 132 valence electrons. The SMILES string of the molecule is CC(C)C[C@H](CN)CC(=O)O.CC(C)C[C@H](CN)CC(=O)O. The fourth-order valence-electron chi connectivity index (χ4n) is 2.35. The van der Waals surface area contributed by atoms with Gasteiger partial charge in [-0.05, 0) is 49.6 Å². The summed E-state index contributed by atoms with van der Waals surface area (Å²) < 4.78 is 0. The fourth-order valence-corrected chi connectivity index (χ4v) is 2.35. The van der Waals surface area contributed by atoms with Crippen LogP contribution in [-0.4, -0.2) is 35.2 Å². The van der Waals surface area contributed by atoms with E-state index in [1.165, 1.54) is 0 Å². The smallest absolute Gasteiger partial charge is 0.303 e. The Morgan fingerprint density at radius 3 is 1.18 bits per heavy atom. The third kappa shape index (κ3) is 16.9. The van der Waals surface area contributed by atoms with Crippen molar-refractivity contribution in [2.24, 2.45) is 35.1 Å². The summed E-state index contributed by atoms with van der Waals surface area (Å²) in [5, 5.41) is 16.9. The van der Waals surface area contributed by atoms with Gasteiger partial charge in [-0.3, -0.25) is 9.59 Å². The normalized spacial score (nSPS) is 13.5. The molecule has 0 bridgehead atoms. The van der Waals surface area contributed by atoms with Crippen LogP contribution in [0.15, 0.2) is 0 Å². The van der Waals surface area contributed by atoms with Gasteiger partial charge in [-0.15, -0.1) is 0 Å². The zero-order valence-electron chi connectivity index (χ0n) is 14.4. The molecule has 6 nitrogen and oxygen atoms in total. The molecule has 2 atom stereocenters. The molecule has 0 aromatic carbocycles. The van der Waals surface area contributed by atoms with Gasteiger partial charge in [0.15, 0.2) is 0 Å². The fraction of sp³-hybridized carbons (Fsp3) is 0.875. The van der Waals surface area contributed by atoms with E-state index in [1.807, 2.05) is 0 Å². The van der Waals surface area contributed by atoms with Gasteiger partial charge in [-0.2, -0.15) is 0 Å². The zero-order valence-corrected chi connectivity index (χ0v) is 14.4. The molecule has 0 amide bonds. The number of hydrogen-bond acceptors (Lipinski definition) is 4. The van der Waals surface area contributed by atoms with E-state index in [-0.39, 0.29) is 24.7 Å².